The Balaban J connectivity index is 1.73. The summed E-state index contributed by atoms with van der Waals surface area (Å²) in [5.74, 6) is 3.11. The van der Waals surface area contributed by atoms with Crippen molar-refractivity contribution in [2.24, 2.45) is 11.8 Å². The zero-order chi connectivity index (χ0) is 11.8. The second-order valence-electron chi connectivity index (χ2n) is 5.53. The van der Waals surface area contributed by atoms with E-state index in [9.17, 15) is 0 Å². The predicted octanol–water partition coefficient (Wildman–Crippen LogP) is 1.19. The molecule has 0 bridgehead atoms. The molecule has 0 aromatic carbocycles. The molecule has 3 unspecified atom stereocenters. The molecule has 1 aliphatic carbocycles. The molecule has 1 saturated heterocycles. The van der Waals surface area contributed by atoms with Crippen LogP contribution in [0.3, 0.4) is 0 Å². The second-order valence-corrected chi connectivity index (χ2v) is 5.53. The van der Waals surface area contributed by atoms with Crippen LogP contribution in [0.2, 0.25) is 0 Å². The maximum absolute atomic E-state index is 5.41. The molecule has 3 atom stereocenters. The number of hydrogen-bond donors (Lipinski definition) is 1. The lowest BCUT2D eigenvalue weighted by Crippen LogP contribution is -2.18. The highest BCUT2D eigenvalue weighted by Crippen LogP contribution is 2.43. The van der Waals surface area contributed by atoms with E-state index in [1.807, 2.05) is 14.1 Å². The largest absolute Gasteiger partial charge is 0.338 e. The molecule has 0 amide bonds. The number of aromatic nitrogens is 2. The molecule has 1 N–H and O–H groups in total. The van der Waals surface area contributed by atoms with E-state index in [1.165, 1.54) is 19.3 Å². The van der Waals surface area contributed by atoms with Crippen molar-refractivity contribution >= 4 is 0 Å². The first-order valence-electron chi connectivity index (χ1n) is 6.44. The topological polar surface area (TPSA) is 54.2 Å². The van der Waals surface area contributed by atoms with Crippen molar-refractivity contribution in [2.75, 3.05) is 20.6 Å². The van der Waals surface area contributed by atoms with Gasteiger partial charge in [0.15, 0.2) is 5.82 Å². The summed E-state index contributed by atoms with van der Waals surface area (Å²) < 4.78 is 5.41. The lowest BCUT2D eigenvalue weighted by Gasteiger charge is -2.13. The van der Waals surface area contributed by atoms with Gasteiger partial charge in [0.1, 0.15) is 0 Å². The van der Waals surface area contributed by atoms with Gasteiger partial charge in [-0.3, -0.25) is 0 Å². The third-order valence-electron chi connectivity index (χ3n) is 3.95. The Kier molecular flexibility index (Phi) is 2.88. The van der Waals surface area contributed by atoms with Gasteiger partial charge in [0, 0.05) is 0 Å². The number of nitrogens with one attached hydrogen (secondary N) is 1. The highest BCUT2D eigenvalue weighted by Gasteiger charge is 2.42. The molecule has 3 rings (SSSR count). The Hall–Kier alpha value is -0.940. The molecule has 1 aliphatic heterocycles. The average molecular weight is 236 g/mol. The van der Waals surface area contributed by atoms with Crippen molar-refractivity contribution in [3.05, 3.63) is 11.7 Å². The van der Waals surface area contributed by atoms with Crippen molar-refractivity contribution in [3.63, 3.8) is 0 Å². The summed E-state index contributed by atoms with van der Waals surface area (Å²) in [7, 11) is 4.02. The summed E-state index contributed by atoms with van der Waals surface area (Å²) in [6.45, 7) is 1.85. The van der Waals surface area contributed by atoms with Gasteiger partial charge in [-0.15, -0.1) is 0 Å². The number of rotatable bonds is 3. The summed E-state index contributed by atoms with van der Waals surface area (Å²) in [6, 6.07) is 0.297. The molecule has 94 valence electrons. The summed E-state index contributed by atoms with van der Waals surface area (Å²) in [6.07, 6.45) is 4.01. The fraction of sp³-hybridized carbons (Fsp3) is 0.833. The minimum absolute atomic E-state index is 0.297. The quantitative estimate of drug-likeness (QED) is 0.854. The van der Waals surface area contributed by atoms with Crippen molar-refractivity contribution in [2.45, 2.75) is 31.8 Å². The molecule has 0 radical (unpaired) electrons. The Morgan fingerprint density at radius 1 is 1.41 bits per heavy atom. The molecule has 2 heterocycles. The van der Waals surface area contributed by atoms with Crippen LogP contribution in [0, 0.1) is 11.8 Å². The summed E-state index contributed by atoms with van der Waals surface area (Å²) >= 11 is 0. The fourth-order valence-corrected chi connectivity index (χ4v) is 3.20. The van der Waals surface area contributed by atoms with Gasteiger partial charge in [-0.25, -0.2) is 0 Å². The molecule has 2 aliphatic rings. The highest BCUT2D eigenvalue weighted by atomic mass is 16.5. The second kappa shape index (κ2) is 4.38. The molecule has 17 heavy (non-hydrogen) atoms. The van der Waals surface area contributed by atoms with Crippen LogP contribution < -0.4 is 5.32 Å². The Morgan fingerprint density at radius 2 is 2.29 bits per heavy atom. The molecule has 2 fully saturated rings. The number of fused-ring (bicyclic) bond motifs is 1. The van der Waals surface area contributed by atoms with E-state index in [-0.39, 0.29) is 0 Å². The fourth-order valence-electron chi connectivity index (χ4n) is 3.20. The van der Waals surface area contributed by atoms with Crippen molar-refractivity contribution in [3.8, 4) is 0 Å². The molecular formula is C12H20N4O. The molecule has 5 nitrogen and oxygen atoms in total. The molecule has 1 aromatic rings. The third kappa shape index (κ3) is 2.09. The SMILES string of the molecule is CN(C)Cc1noc(C2NCC3CCCC32)n1. The van der Waals surface area contributed by atoms with E-state index >= 15 is 0 Å². The Labute approximate surface area is 102 Å². The zero-order valence-corrected chi connectivity index (χ0v) is 10.5. The van der Waals surface area contributed by atoms with Gasteiger partial charge >= 0.3 is 0 Å². The molecule has 1 saturated carbocycles. The highest BCUT2D eigenvalue weighted by molar-refractivity contribution is 5.03. The smallest absolute Gasteiger partial charge is 0.244 e. The van der Waals surface area contributed by atoms with Crippen LogP contribution in [-0.2, 0) is 6.54 Å². The van der Waals surface area contributed by atoms with Crippen LogP contribution in [0.4, 0.5) is 0 Å². The summed E-state index contributed by atoms with van der Waals surface area (Å²) in [5, 5.41) is 7.58. The van der Waals surface area contributed by atoms with Gasteiger partial charge in [-0.2, -0.15) is 4.98 Å². The minimum atomic E-state index is 0.297. The van der Waals surface area contributed by atoms with Gasteiger partial charge in [0.25, 0.3) is 0 Å². The van der Waals surface area contributed by atoms with E-state index in [1.54, 1.807) is 0 Å². The van der Waals surface area contributed by atoms with Crippen molar-refractivity contribution < 1.29 is 4.52 Å². The molecule has 5 heteroatoms. The first-order chi connectivity index (χ1) is 8.24. The van der Waals surface area contributed by atoms with Gasteiger partial charge in [0.05, 0.1) is 12.6 Å². The number of nitrogens with zero attached hydrogens (tertiary/aromatic N) is 3. The standard InChI is InChI=1S/C12H20N4O/c1-16(2)7-10-14-12(17-15-10)11-9-5-3-4-8(9)6-13-11/h8-9,11,13H,3-7H2,1-2H3. The Bertz CT molecular complexity index is 390. The lowest BCUT2D eigenvalue weighted by molar-refractivity contribution is 0.297. The molecule has 1 aromatic heterocycles. The van der Waals surface area contributed by atoms with Gasteiger partial charge in [0.2, 0.25) is 5.89 Å². The van der Waals surface area contributed by atoms with E-state index in [2.05, 4.69) is 20.4 Å². The van der Waals surface area contributed by atoms with Crippen molar-refractivity contribution in [1.82, 2.24) is 20.4 Å². The van der Waals surface area contributed by atoms with Crippen LogP contribution in [-0.4, -0.2) is 35.7 Å². The van der Waals surface area contributed by atoms with Gasteiger partial charge < -0.3 is 14.7 Å². The van der Waals surface area contributed by atoms with Gasteiger partial charge in [-0.05, 0) is 45.3 Å². The monoisotopic (exact) mass is 236 g/mol. The van der Waals surface area contributed by atoms with E-state index in [0.717, 1.165) is 30.7 Å². The third-order valence-corrected chi connectivity index (χ3v) is 3.95. The first kappa shape index (κ1) is 11.2. The Morgan fingerprint density at radius 3 is 3.12 bits per heavy atom. The molecule has 0 spiro atoms. The van der Waals surface area contributed by atoms with E-state index in [4.69, 9.17) is 4.52 Å². The van der Waals surface area contributed by atoms with Crippen LogP contribution in [0.1, 0.15) is 37.0 Å². The minimum Gasteiger partial charge on any atom is -0.338 e. The normalized spacial score (nSPS) is 32.3. The lowest BCUT2D eigenvalue weighted by atomic mass is 9.94. The van der Waals surface area contributed by atoms with Crippen LogP contribution in [0.15, 0.2) is 4.52 Å². The summed E-state index contributed by atoms with van der Waals surface area (Å²) in [5.41, 5.74) is 0. The van der Waals surface area contributed by atoms with E-state index in [0.29, 0.717) is 12.0 Å². The first-order valence-corrected chi connectivity index (χ1v) is 6.44. The zero-order valence-electron chi connectivity index (χ0n) is 10.5. The maximum atomic E-state index is 5.41. The van der Waals surface area contributed by atoms with E-state index < -0.39 is 0 Å². The number of hydrogen-bond acceptors (Lipinski definition) is 5. The van der Waals surface area contributed by atoms with Crippen LogP contribution in [0.25, 0.3) is 0 Å². The average Bonchev–Trinajstić information content (AvgIpc) is 2.89. The maximum Gasteiger partial charge on any atom is 0.244 e. The van der Waals surface area contributed by atoms with Crippen LogP contribution >= 0.6 is 0 Å². The van der Waals surface area contributed by atoms with Crippen LogP contribution in [0.5, 0.6) is 0 Å². The predicted molar refractivity (Wildman–Crippen MR) is 63.3 cm³/mol. The summed E-state index contributed by atoms with van der Waals surface area (Å²) in [4.78, 5) is 6.56. The van der Waals surface area contributed by atoms with Crippen molar-refractivity contribution in [1.29, 1.82) is 0 Å². The van der Waals surface area contributed by atoms with Gasteiger partial charge in [-0.1, -0.05) is 11.6 Å². The molecular weight excluding hydrogens is 216 g/mol.